The molecule has 20 heavy (non-hydrogen) atoms. The number of nitrogens with two attached hydrogens (primary N) is 1. The van der Waals surface area contributed by atoms with Crippen molar-refractivity contribution >= 4 is 17.8 Å². The number of methoxy groups -OCH3 is 1. The van der Waals surface area contributed by atoms with Crippen molar-refractivity contribution < 1.29 is 4.74 Å². The third-order valence-electron chi connectivity index (χ3n) is 4.30. The Kier molecular flexibility index (Phi) is 3.60. The van der Waals surface area contributed by atoms with Gasteiger partial charge in [-0.2, -0.15) is 15.0 Å². The first-order valence-corrected chi connectivity index (χ1v) is 7.26. The van der Waals surface area contributed by atoms with Gasteiger partial charge in [-0.15, -0.1) is 0 Å². The molecule has 7 nitrogen and oxygen atoms in total. The first kappa shape index (κ1) is 13.4. The molecule has 7 heteroatoms. The molecule has 0 bridgehead atoms. The van der Waals surface area contributed by atoms with Crippen molar-refractivity contribution in [3.05, 3.63) is 0 Å². The molecule has 1 aliphatic carbocycles. The fourth-order valence-electron chi connectivity index (χ4n) is 2.78. The molecule has 3 N–H and O–H groups in total. The SMILES string of the molecule is COC1(CNc2nc(N)nc(N3CCCC3)n2)CCC1. The smallest absolute Gasteiger partial charge is 0.231 e. The molecular weight excluding hydrogens is 256 g/mol. The van der Waals surface area contributed by atoms with Crippen molar-refractivity contribution in [2.75, 3.05) is 42.7 Å². The third kappa shape index (κ3) is 2.63. The Morgan fingerprint density at radius 2 is 1.95 bits per heavy atom. The monoisotopic (exact) mass is 278 g/mol. The minimum atomic E-state index is -0.0603. The summed E-state index contributed by atoms with van der Waals surface area (Å²) in [4.78, 5) is 15.0. The van der Waals surface area contributed by atoms with Crippen molar-refractivity contribution in [1.82, 2.24) is 15.0 Å². The molecule has 1 saturated heterocycles. The zero-order valence-electron chi connectivity index (χ0n) is 11.9. The van der Waals surface area contributed by atoms with E-state index in [9.17, 15) is 0 Å². The first-order chi connectivity index (χ1) is 9.71. The van der Waals surface area contributed by atoms with Gasteiger partial charge in [0.05, 0.1) is 5.60 Å². The van der Waals surface area contributed by atoms with Gasteiger partial charge in [0.15, 0.2) is 0 Å². The quantitative estimate of drug-likeness (QED) is 0.831. The molecular formula is C13H22N6O. The highest BCUT2D eigenvalue weighted by Gasteiger charge is 2.37. The molecule has 2 aliphatic rings. The fourth-order valence-corrected chi connectivity index (χ4v) is 2.78. The van der Waals surface area contributed by atoms with Crippen LogP contribution in [0.25, 0.3) is 0 Å². The molecule has 110 valence electrons. The van der Waals surface area contributed by atoms with Crippen molar-refractivity contribution in [3.8, 4) is 0 Å². The van der Waals surface area contributed by atoms with Crippen LogP contribution >= 0.6 is 0 Å². The average molecular weight is 278 g/mol. The second kappa shape index (κ2) is 5.40. The van der Waals surface area contributed by atoms with E-state index in [2.05, 4.69) is 25.2 Å². The topological polar surface area (TPSA) is 89.2 Å². The zero-order valence-corrected chi connectivity index (χ0v) is 11.9. The maximum atomic E-state index is 5.79. The first-order valence-electron chi connectivity index (χ1n) is 7.26. The standard InChI is InChI=1S/C13H22N6O/c1-20-13(5-4-6-13)9-15-11-16-10(14)17-12(18-11)19-7-2-3-8-19/h2-9H2,1H3,(H3,14,15,16,17,18). The van der Waals surface area contributed by atoms with E-state index in [0.29, 0.717) is 18.4 Å². The van der Waals surface area contributed by atoms with Gasteiger partial charge in [-0.1, -0.05) is 0 Å². The van der Waals surface area contributed by atoms with Crippen LogP contribution in [0.2, 0.25) is 0 Å². The predicted octanol–water partition coefficient (Wildman–Crippen LogP) is 1.03. The van der Waals surface area contributed by atoms with Gasteiger partial charge in [-0.05, 0) is 32.1 Å². The van der Waals surface area contributed by atoms with Crippen LogP contribution in [0, 0.1) is 0 Å². The summed E-state index contributed by atoms with van der Waals surface area (Å²) >= 11 is 0. The van der Waals surface area contributed by atoms with E-state index < -0.39 is 0 Å². The summed E-state index contributed by atoms with van der Waals surface area (Å²) in [6.07, 6.45) is 5.74. The molecule has 1 aromatic rings. The molecule has 2 fully saturated rings. The number of nitrogens with one attached hydrogen (secondary N) is 1. The van der Waals surface area contributed by atoms with Gasteiger partial charge in [-0.3, -0.25) is 0 Å². The van der Waals surface area contributed by atoms with Crippen LogP contribution < -0.4 is 16.0 Å². The van der Waals surface area contributed by atoms with Gasteiger partial charge in [0, 0.05) is 26.7 Å². The average Bonchev–Trinajstić information content (AvgIpc) is 2.91. The van der Waals surface area contributed by atoms with Gasteiger partial charge in [0.2, 0.25) is 17.8 Å². The molecule has 1 aromatic heterocycles. The predicted molar refractivity (Wildman–Crippen MR) is 77.8 cm³/mol. The molecule has 0 atom stereocenters. The number of hydrogen-bond donors (Lipinski definition) is 2. The van der Waals surface area contributed by atoms with Gasteiger partial charge < -0.3 is 20.7 Å². The van der Waals surface area contributed by atoms with Crippen LogP contribution in [0.15, 0.2) is 0 Å². The fraction of sp³-hybridized carbons (Fsp3) is 0.769. The molecule has 0 unspecified atom stereocenters. The van der Waals surface area contributed by atoms with Gasteiger partial charge >= 0.3 is 0 Å². The Bertz CT molecular complexity index is 464. The lowest BCUT2D eigenvalue weighted by Gasteiger charge is -2.40. The Morgan fingerprint density at radius 3 is 2.55 bits per heavy atom. The van der Waals surface area contributed by atoms with Crippen LogP contribution in [0.5, 0.6) is 0 Å². The number of hydrogen-bond acceptors (Lipinski definition) is 7. The van der Waals surface area contributed by atoms with E-state index in [-0.39, 0.29) is 11.5 Å². The lowest BCUT2D eigenvalue weighted by molar-refractivity contribution is -0.0602. The highest BCUT2D eigenvalue weighted by Crippen LogP contribution is 2.34. The highest BCUT2D eigenvalue weighted by molar-refractivity contribution is 5.42. The lowest BCUT2D eigenvalue weighted by atomic mass is 9.80. The normalized spacial score (nSPS) is 20.8. The van der Waals surface area contributed by atoms with Crippen molar-refractivity contribution in [2.24, 2.45) is 0 Å². The summed E-state index contributed by atoms with van der Waals surface area (Å²) < 4.78 is 5.58. The molecule has 0 amide bonds. The van der Waals surface area contributed by atoms with E-state index in [1.807, 2.05) is 0 Å². The molecule has 1 aliphatic heterocycles. The Balaban J connectivity index is 1.69. The van der Waals surface area contributed by atoms with Gasteiger partial charge in [0.25, 0.3) is 0 Å². The van der Waals surface area contributed by atoms with Crippen LogP contribution in [0.3, 0.4) is 0 Å². The van der Waals surface area contributed by atoms with Crippen molar-refractivity contribution in [3.63, 3.8) is 0 Å². The molecule has 0 aromatic carbocycles. The summed E-state index contributed by atoms with van der Waals surface area (Å²) in [6, 6.07) is 0. The summed E-state index contributed by atoms with van der Waals surface area (Å²) in [7, 11) is 1.76. The Morgan fingerprint density at radius 1 is 1.20 bits per heavy atom. The van der Waals surface area contributed by atoms with Crippen LogP contribution in [0.4, 0.5) is 17.8 Å². The van der Waals surface area contributed by atoms with Crippen LogP contribution in [-0.2, 0) is 4.74 Å². The molecule has 1 saturated carbocycles. The summed E-state index contributed by atoms with van der Waals surface area (Å²) in [5, 5.41) is 3.25. The van der Waals surface area contributed by atoms with E-state index in [1.54, 1.807) is 7.11 Å². The second-order valence-electron chi connectivity index (χ2n) is 5.61. The number of rotatable bonds is 5. The molecule has 0 spiro atoms. The van der Waals surface area contributed by atoms with Crippen molar-refractivity contribution in [1.29, 1.82) is 0 Å². The molecule has 3 rings (SSSR count). The summed E-state index contributed by atoms with van der Waals surface area (Å²) in [6.45, 7) is 2.70. The Labute approximate surface area is 118 Å². The zero-order chi connectivity index (χ0) is 14.0. The Hall–Kier alpha value is -1.63. The number of aromatic nitrogens is 3. The summed E-state index contributed by atoms with van der Waals surface area (Å²) in [5.41, 5.74) is 5.72. The number of ether oxygens (including phenoxy) is 1. The summed E-state index contributed by atoms with van der Waals surface area (Å²) in [5.74, 6) is 1.49. The van der Waals surface area contributed by atoms with E-state index >= 15 is 0 Å². The third-order valence-corrected chi connectivity index (χ3v) is 4.30. The molecule has 2 heterocycles. The maximum Gasteiger partial charge on any atom is 0.231 e. The highest BCUT2D eigenvalue weighted by atomic mass is 16.5. The van der Waals surface area contributed by atoms with Crippen LogP contribution in [-0.4, -0.2) is 47.3 Å². The van der Waals surface area contributed by atoms with Gasteiger partial charge in [0.1, 0.15) is 0 Å². The number of nitrogen functional groups attached to an aromatic ring is 1. The van der Waals surface area contributed by atoms with E-state index in [0.717, 1.165) is 25.9 Å². The maximum absolute atomic E-state index is 5.79. The minimum Gasteiger partial charge on any atom is -0.376 e. The largest absolute Gasteiger partial charge is 0.376 e. The molecule has 0 radical (unpaired) electrons. The minimum absolute atomic E-state index is 0.0603. The number of anilines is 3. The van der Waals surface area contributed by atoms with Crippen LogP contribution in [0.1, 0.15) is 32.1 Å². The second-order valence-corrected chi connectivity index (χ2v) is 5.61. The van der Waals surface area contributed by atoms with E-state index in [1.165, 1.54) is 19.3 Å². The van der Waals surface area contributed by atoms with Gasteiger partial charge in [-0.25, -0.2) is 0 Å². The van der Waals surface area contributed by atoms with Crippen molar-refractivity contribution in [2.45, 2.75) is 37.7 Å². The number of nitrogens with zero attached hydrogens (tertiary/aromatic N) is 4. The lowest BCUT2D eigenvalue weighted by Crippen LogP contribution is -2.45. The van der Waals surface area contributed by atoms with E-state index in [4.69, 9.17) is 10.5 Å².